The van der Waals surface area contributed by atoms with E-state index in [9.17, 15) is 4.79 Å². The molecule has 0 aromatic heterocycles. The van der Waals surface area contributed by atoms with Crippen LogP contribution < -0.4 is 20.1 Å². The molecule has 1 amide bonds. The fourth-order valence-electron chi connectivity index (χ4n) is 2.01. The molecule has 5 nitrogen and oxygen atoms in total. The number of anilines is 2. The van der Waals surface area contributed by atoms with Gasteiger partial charge in [-0.15, -0.1) is 0 Å². The summed E-state index contributed by atoms with van der Waals surface area (Å²) < 4.78 is 10.4. The van der Waals surface area contributed by atoms with Gasteiger partial charge in [-0.25, -0.2) is 0 Å². The third-order valence-electron chi connectivity index (χ3n) is 3.21. The first kappa shape index (κ1) is 15.7. The maximum Gasteiger partial charge on any atom is 0.246 e. The Bertz CT molecular complexity index is 643. The minimum absolute atomic E-state index is 0.140. The van der Waals surface area contributed by atoms with Crippen LogP contribution >= 0.6 is 0 Å². The Morgan fingerprint density at radius 3 is 2.55 bits per heavy atom. The van der Waals surface area contributed by atoms with Crippen molar-refractivity contribution in [3.63, 3.8) is 0 Å². The molecule has 0 spiro atoms. The van der Waals surface area contributed by atoms with Gasteiger partial charge >= 0.3 is 0 Å². The van der Waals surface area contributed by atoms with Crippen molar-refractivity contribution in [2.45, 2.75) is 13.0 Å². The van der Waals surface area contributed by atoms with Crippen LogP contribution in [0, 0.1) is 0 Å². The first-order valence-corrected chi connectivity index (χ1v) is 6.98. The molecule has 2 rings (SSSR count). The summed E-state index contributed by atoms with van der Waals surface area (Å²) in [5.74, 6) is 1.26. The standard InChI is InChI=1S/C17H20N2O3/c1-12(18-15-9-4-5-10-16(15)22-3)17(20)19-13-7-6-8-14(11-13)21-2/h4-12,18H,1-3H3,(H,19,20). The zero-order valence-electron chi connectivity index (χ0n) is 12.9. The Hall–Kier alpha value is -2.69. The Morgan fingerprint density at radius 2 is 1.82 bits per heavy atom. The zero-order chi connectivity index (χ0) is 15.9. The van der Waals surface area contributed by atoms with E-state index in [1.54, 1.807) is 27.2 Å². The first-order chi connectivity index (χ1) is 10.6. The van der Waals surface area contributed by atoms with Gasteiger partial charge in [0.25, 0.3) is 0 Å². The molecule has 2 aromatic carbocycles. The molecule has 0 heterocycles. The van der Waals surface area contributed by atoms with E-state index >= 15 is 0 Å². The number of methoxy groups -OCH3 is 2. The lowest BCUT2D eigenvalue weighted by atomic mass is 10.2. The molecule has 0 aliphatic rings. The van der Waals surface area contributed by atoms with Gasteiger partial charge in [-0.3, -0.25) is 4.79 Å². The van der Waals surface area contributed by atoms with Crippen LogP contribution in [0.15, 0.2) is 48.5 Å². The molecular formula is C17H20N2O3. The molecule has 1 unspecified atom stereocenters. The highest BCUT2D eigenvalue weighted by molar-refractivity contribution is 5.96. The molecule has 0 saturated carbocycles. The van der Waals surface area contributed by atoms with Crippen molar-refractivity contribution in [3.8, 4) is 11.5 Å². The molecule has 1 atom stereocenters. The van der Waals surface area contributed by atoms with Crippen LogP contribution in [0.1, 0.15) is 6.92 Å². The number of hydrogen-bond acceptors (Lipinski definition) is 4. The quantitative estimate of drug-likeness (QED) is 0.860. The number of amides is 1. The fraction of sp³-hybridized carbons (Fsp3) is 0.235. The first-order valence-electron chi connectivity index (χ1n) is 6.98. The molecule has 116 valence electrons. The van der Waals surface area contributed by atoms with Crippen molar-refractivity contribution < 1.29 is 14.3 Å². The summed E-state index contributed by atoms with van der Waals surface area (Å²) in [5.41, 5.74) is 1.47. The van der Waals surface area contributed by atoms with Crippen LogP contribution in [0.2, 0.25) is 0 Å². The molecule has 22 heavy (non-hydrogen) atoms. The van der Waals surface area contributed by atoms with Crippen LogP contribution in [0.25, 0.3) is 0 Å². The van der Waals surface area contributed by atoms with Gasteiger partial charge in [0.05, 0.1) is 19.9 Å². The Balaban J connectivity index is 2.02. The number of hydrogen-bond donors (Lipinski definition) is 2. The predicted molar refractivity (Wildman–Crippen MR) is 87.7 cm³/mol. The second-order valence-corrected chi connectivity index (χ2v) is 4.79. The second kappa shape index (κ2) is 7.36. The molecule has 0 aliphatic heterocycles. The normalized spacial score (nSPS) is 11.4. The van der Waals surface area contributed by atoms with Crippen LogP contribution in [-0.4, -0.2) is 26.2 Å². The van der Waals surface area contributed by atoms with E-state index < -0.39 is 6.04 Å². The molecule has 2 aromatic rings. The highest BCUT2D eigenvalue weighted by Crippen LogP contribution is 2.24. The van der Waals surface area contributed by atoms with Crippen LogP contribution in [-0.2, 0) is 4.79 Å². The lowest BCUT2D eigenvalue weighted by Crippen LogP contribution is -2.32. The number of ether oxygens (including phenoxy) is 2. The number of nitrogens with one attached hydrogen (secondary N) is 2. The van der Waals surface area contributed by atoms with E-state index in [0.29, 0.717) is 17.2 Å². The third kappa shape index (κ3) is 3.91. The van der Waals surface area contributed by atoms with Gasteiger partial charge < -0.3 is 20.1 Å². The molecule has 5 heteroatoms. The van der Waals surface area contributed by atoms with Gasteiger partial charge in [0, 0.05) is 11.8 Å². The smallest absolute Gasteiger partial charge is 0.246 e. The minimum atomic E-state index is -0.414. The molecule has 0 radical (unpaired) electrons. The largest absolute Gasteiger partial charge is 0.497 e. The Morgan fingerprint density at radius 1 is 1.05 bits per heavy atom. The van der Waals surface area contributed by atoms with Gasteiger partial charge in [0.1, 0.15) is 17.5 Å². The topological polar surface area (TPSA) is 59.6 Å². The average Bonchev–Trinajstić information content (AvgIpc) is 2.55. The number of benzene rings is 2. The van der Waals surface area contributed by atoms with Crippen LogP contribution in [0.3, 0.4) is 0 Å². The summed E-state index contributed by atoms with van der Waals surface area (Å²) in [4.78, 5) is 12.3. The van der Waals surface area contributed by atoms with E-state index in [0.717, 1.165) is 5.69 Å². The lowest BCUT2D eigenvalue weighted by Gasteiger charge is -2.17. The van der Waals surface area contributed by atoms with E-state index in [1.165, 1.54) is 0 Å². The zero-order valence-corrected chi connectivity index (χ0v) is 12.9. The number of carbonyl (C=O) groups excluding carboxylic acids is 1. The molecular weight excluding hydrogens is 280 g/mol. The summed E-state index contributed by atoms with van der Waals surface area (Å²) >= 11 is 0. The van der Waals surface area contributed by atoms with Crippen molar-refractivity contribution in [1.82, 2.24) is 0 Å². The van der Waals surface area contributed by atoms with Crippen molar-refractivity contribution in [3.05, 3.63) is 48.5 Å². The highest BCUT2D eigenvalue weighted by atomic mass is 16.5. The van der Waals surface area contributed by atoms with Crippen LogP contribution in [0.4, 0.5) is 11.4 Å². The van der Waals surface area contributed by atoms with Crippen molar-refractivity contribution in [1.29, 1.82) is 0 Å². The Kier molecular flexibility index (Phi) is 5.25. The molecule has 0 fully saturated rings. The minimum Gasteiger partial charge on any atom is -0.497 e. The third-order valence-corrected chi connectivity index (χ3v) is 3.21. The van der Waals surface area contributed by atoms with Crippen molar-refractivity contribution in [2.24, 2.45) is 0 Å². The van der Waals surface area contributed by atoms with E-state index in [2.05, 4.69) is 10.6 Å². The van der Waals surface area contributed by atoms with E-state index in [-0.39, 0.29) is 5.91 Å². The summed E-state index contributed by atoms with van der Waals surface area (Å²) in [6.45, 7) is 1.79. The number of para-hydroxylation sites is 2. The van der Waals surface area contributed by atoms with Gasteiger partial charge in [-0.05, 0) is 31.2 Å². The van der Waals surface area contributed by atoms with Gasteiger partial charge in [-0.1, -0.05) is 18.2 Å². The predicted octanol–water partition coefficient (Wildman–Crippen LogP) is 3.14. The fourth-order valence-corrected chi connectivity index (χ4v) is 2.01. The lowest BCUT2D eigenvalue weighted by molar-refractivity contribution is -0.116. The van der Waals surface area contributed by atoms with Gasteiger partial charge in [-0.2, -0.15) is 0 Å². The molecule has 2 N–H and O–H groups in total. The molecule has 0 bridgehead atoms. The number of carbonyl (C=O) groups is 1. The van der Waals surface area contributed by atoms with Crippen molar-refractivity contribution in [2.75, 3.05) is 24.9 Å². The number of rotatable bonds is 6. The van der Waals surface area contributed by atoms with E-state index in [1.807, 2.05) is 42.5 Å². The molecule has 0 saturated heterocycles. The molecule has 0 aliphatic carbocycles. The maximum absolute atomic E-state index is 12.3. The monoisotopic (exact) mass is 300 g/mol. The van der Waals surface area contributed by atoms with Crippen LogP contribution in [0.5, 0.6) is 11.5 Å². The maximum atomic E-state index is 12.3. The van der Waals surface area contributed by atoms with Gasteiger partial charge in [0.2, 0.25) is 5.91 Å². The van der Waals surface area contributed by atoms with Crippen molar-refractivity contribution >= 4 is 17.3 Å². The average molecular weight is 300 g/mol. The second-order valence-electron chi connectivity index (χ2n) is 4.79. The van der Waals surface area contributed by atoms with Gasteiger partial charge in [0.15, 0.2) is 0 Å². The summed E-state index contributed by atoms with van der Waals surface area (Å²) in [6.07, 6.45) is 0. The Labute approximate surface area is 130 Å². The summed E-state index contributed by atoms with van der Waals surface area (Å²) in [6, 6.07) is 14.3. The summed E-state index contributed by atoms with van der Waals surface area (Å²) in [7, 11) is 3.19. The van der Waals surface area contributed by atoms with E-state index in [4.69, 9.17) is 9.47 Å². The summed E-state index contributed by atoms with van der Waals surface area (Å²) in [5, 5.41) is 5.99. The SMILES string of the molecule is COc1cccc(NC(=O)C(C)Nc2ccccc2OC)c1. The highest BCUT2D eigenvalue weighted by Gasteiger charge is 2.14.